The van der Waals surface area contributed by atoms with E-state index in [4.69, 9.17) is 16.9 Å². The highest BCUT2D eigenvalue weighted by molar-refractivity contribution is 6.17. The summed E-state index contributed by atoms with van der Waals surface area (Å²) < 4.78 is 0. The van der Waals surface area contributed by atoms with Gasteiger partial charge in [0.25, 0.3) is 0 Å². The van der Waals surface area contributed by atoms with Crippen molar-refractivity contribution >= 4 is 22.5 Å². The Labute approximate surface area is 93.5 Å². The Morgan fingerprint density at radius 1 is 1.33 bits per heavy atom. The van der Waals surface area contributed by atoms with E-state index in [1.54, 1.807) is 0 Å². The van der Waals surface area contributed by atoms with E-state index in [-0.39, 0.29) is 0 Å². The van der Waals surface area contributed by atoms with Crippen molar-refractivity contribution in [2.75, 3.05) is 5.88 Å². The van der Waals surface area contributed by atoms with Crippen molar-refractivity contribution in [1.29, 1.82) is 5.26 Å². The average molecular weight is 219 g/mol. The van der Waals surface area contributed by atoms with E-state index >= 15 is 0 Å². The maximum Gasteiger partial charge on any atom is 0.0991 e. The van der Waals surface area contributed by atoms with Crippen LogP contribution in [0.25, 0.3) is 10.9 Å². The van der Waals surface area contributed by atoms with Gasteiger partial charge in [0.05, 0.1) is 11.6 Å². The molecule has 0 saturated heterocycles. The number of rotatable bonds is 3. The summed E-state index contributed by atoms with van der Waals surface area (Å²) in [4.78, 5) is 3.31. The second kappa shape index (κ2) is 4.37. The zero-order valence-electron chi connectivity index (χ0n) is 8.26. The molecule has 0 unspecified atom stereocenters. The molecule has 0 aliphatic rings. The summed E-state index contributed by atoms with van der Waals surface area (Å²) in [6.45, 7) is 0. The molecule has 0 radical (unpaired) electrons. The Morgan fingerprint density at radius 2 is 2.20 bits per heavy atom. The van der Waals surface area contributed by atoms with Crippen LogP contribution in [0.4, 0.5) is 0 Å². The van der Waals surface area contributed by atoms with Crippen LogP contribution in [0.5, 0.6) is 0 Å². The van der Waals surface area contributed by atoms with Crippen LogP contribution in [-0.4, -0.2) is 10.9 Å². The van der Waals surface area contributed by atoms with E-state index in [0.717, 1.165) is 23.7 Å². The minimum absolute atomic E-state index is 0.679. The van der Waals surface area contributed by atoms with Crippen LogP contribution in [0.2, 0.25) is 0 Å². The van der Waals surface area contributed by atoms with E-state index in [1.807, 2.05) is 18.2 Å². The number of aryl methyl sites for hydroxylation is 1. The molecule has 0 atom stereocenters. The fourth-order valence-corrected chi connectivity index (χ4v) is 1.79. The monoisotopic (exact) mass is 218 g/mol. The summed E-state index contributed by atoms with van der Waals surface area (Å²) in [6, 6.07) is 9.89. The molecule has 2 nitrogen and oxygen atoms in total. The highest BCUT2D eigenvalue weighted by Crippen LogP contribution is 2.17. The van der Waals surface area contributed by atoms with E-state index < -0.39 is 0 Å². The lowest BCUT2D eigenvalue weighted by molar-refractivity contribution is 0.902. The molecular formula is C12H11ClN2. The molecule has 0 spiro atoms. The van der Waals surface area contributed by atoms with Crippen LogP contribution in [-0.2, 0) is 6.42 Å². The third-order valence-corrected chi connectivity index (χ3v) is 2.65. The van der Waals surface area contributed by atoms with Gasteiger partial charge in [0.15, 0.2) is 0 Å². The highest BCUT2D eigenvalue weighted by atomic mass is 35.5. The van der Waals surface area contributed by atoms with Gasteiger partial charge in [0.2, 0.25) is 0 Å². The molecule has 0 saturated carbocycles. The third kappa shape index (κ3) is 2.14. The molecule has 1 aromatic heterocycles. The second-order valence-electron chi connectivity index (χ2n) is 3.50. The lowest BCUT2D eigenvalue weighted by atomic mass is 10.1. The van der Waals surface area contributed by atoms with E-state index in [9.17, 15) is 0 Å². The Hall–Kier alpha value is -1.46. The second-order valence-corrected chi connectivity index (χ2v) is 3.88. The Kier molecular flexibility index (Phi) is 2.94. The van der Waals surface area contributed by atoms with Gasteiger partial charge >= 0.3 is 0 Å². The summed E-state index contributed by atoms with van der Waals surface area (Å²) in [7, 11) is 0. The average Bonchev–Trinajstić information content (AvgIpc) is 2.67. The summed E-state index contributed by atoms with van der Waals surface area (Å²) in [5.41, 5.74) is 2.96. The van der Waals surface area contributed by atoms with E-state index in [1.165, 1.54) is 5.69 Å². The predicted molar refractivity (Wildman–Crippen MR) is 62.1 cm³/mol. The zero-order chi connectivity index (χ0) is 10.7. The topological polar surface area (TPSA) is 39.6 Å². The van der Waals surface area contributed by atoms with Crippen molar-refractivity contribution in [2.24, 2.45) is 0 Å². The van der Waals surface area contributed by atoms with Crippen molar-refractivity contribution in [1.82, 2.24) is 4.98 Å². The SMILES string of the molecule is N#Cc1ccc2[nH]c(CCCCl)cc2c1. The van der Waals surface area contributed by atoms with E-state index in [0.29, 0.717) is 11.4 Å². The molecule has 1 heterocycles. The first-order chi connectivity index (χ1) is 7.33. The molecule has 0 fully saturated rings. The number of hydrogen-bond acceptors (Lipinski definition) is 1. The van der Waals surface area contributed by atoms with Gasteiger partial charge in [-0.3, -0.25) is 0 Å². The lowest BCUT2D eigenvalue weighted by Crippen LogP contribution is -1.84. The third-order valence-electron chi connectivity index (χ3n) is 2.39. The van der Waals surface area contributed by atoms with Crippen LogP contribution < -0.4 is 0 Å². The Bertz CT molecular complexity index is 508. The molecule has 3 heteroatoms. The molecule has 0 bridgehead atoms. The number of halogens is 1. The van der Waals surface area contributed by atoms with Crippen LogP contribution in [0, 0.1) is 11.3 Å². The van der Waals surface area contributed by atoms with Crippen molar-refractivity contribution < 1.29 is 0 Å². The predicted octanol–water partition coefficient (Wildman–Crippen LogP) is 3.21. The van der Waals surface area contributed by atoms with Gasteiger partial charge < -0.3 is 4.98 Å². The molecule has 2 aromatic rings. The highest BCUT2D eigenvalue weighted by Gasteiger charge is 2.01. The van der Waals surface area contributed by atoms with Gasteiger partial charge in [0, 0.05) is 22.5 Å². The summed E-state index contributed by atoms with van der Waals surface area (Å²) in [5.74, 6) is 0.679. The standard InChI is InChI=1S/C12H11ClN2/c13-5-1-2-11-7-10-6-9(8-14)3-4-12(10)15-11/h3-4,6-7,15H,1-2,5H2. The van der Waals surface area contributed by atoms with Gasteiger partial charge in [-0.05, 0) is 37.1 Å². The van der Waals surface area contributed by atoms with Crippen molar-refractivity contribution in [3.63, 3.8) is 0 Å². The molecule has 1 N–H and O–H groups in total. The Morgan fingerprint density at radius 3 is 2.93 bits per heavy atom. The normalized spacial score (nSPS) is 10.4. The van der Waals surface area contributed by atoms with Gasteiger partial charge in [-0.1, -0.05) is 0 Å². The van der Waals surface area contributed by atoms with Gasteiger partial charge in [-0.15, -0.1) is 11.6 Å². The van der Waals surface area contributed by atoms with Crippen LogP contribution >= 0.6 is 11.6 Å². The minimum atomic E-state index is 0.679. The van der Waals surface area contributed by atoms with Gasteiger partial charge in [-0.2, -0.15) is 5.26 Å². The number of aromatic nitrogens is 1. The first-order valence-corrected chi connectivity index (χ1v) is 5.44. The Balaban J connectivity index is 2.34. The largest absolute Gasteiger partial charge is 0.358 e. The number of nitriles is 1. The van der Waals surface area contributed by atoms with Gasteiger partial charge in [0.1, 0.15) is 0 Å². The summed E-state index contributed by atoms with van der Waals surface area (Å²) in [5, 5.41) is 9.86. The number of fused-ring (bicyclic) bond motifs is 1. The molecule has 76 valence electrons. The molecule has 1 aromatic carbocycles. The zero-order valence-corrected chi connectivity index (χ0v) is 9.01. The minimum Gasteiger partial charge on any atom is -0.358 e. The first-order valence-electron chi connectivity index (χ1n) is 4.91. The number of nitrogens with one attached hydrogen (secondary N) is 1. The molecular weight excluding hydrogens is 208 g/mol. The number of benzene rings is 1. The fourth-order valence-electron chi connectivity index (χ4n) is 1.65. The number of nitrogens with zero attached hydrogens (tertiary/aromatic N) is 1. The fraction of sp³-hybridized carbons (Fsp3) is 0.250. The van der Waals surface area contributed by atoms with Gasteiger partial charge in [-0.25, -0.2) is 0 Å². The van der Waals surface area contributed by atoms with Crippen molar-refractivity contribution in [3.05, 3.63) is 35.5 Å². The maximum absolute atomic E-state index is 8.77. The number of hydrogen-bond donors (Lipinski definition) is 1. The van der Waals surface area contributed by atoms with Crippen LogP contribution in [0.15, 0.2) is 24.3 Å². The van der Waals surface area contributed by atoms with Crippen LogP contribution in [0.1, 0.15) is 17.7 Å². The number of aromatic amines is 1. The smallest absolute Gasteiger partial charge is 0.0991 e. The number of H-pyrrole nitrogens is 1. The van der Waals surface area contributed by atoms with Crippen molar-refractivity contribution in [3.8, 4) is 6.07 Å². The summed E-state index contributed by atoms with van der Waals surface area (Å²) in [6.07, 6.45) is 1.93. The summed E-state index contributed by atoms with van der Waals surface area (Å²) >= 11 is 5.64. The molecule has 0 aliphatic heterocycles. The molecule has 15 heavy (non-hydrogen) atoms. The lowest BCUT2D eigenvalue weighted by Gasteiger charge is -1.91. The molecule has 0 aliphatic carbocycles. The molecule has 2 rings (SSSR count). The molecule has 0 amide bonds. The quantitative estimate of drug-likeness (QED) is 0.790. The van der Waals surface area contributed by atoms with Crippen molar-refractivity contribution in [2.45, 2.75) is 12.8 Å². The maximum atomic E-state index is 8.77. The van der Waals surface area contributed by atoms with E-state index in [2.05, 4.69) is 17.1 Å². The first kappa shape index (κ1) is 10.1. The number of alkyl halides is 1. The van der Waals surface area contributed by atoms with Crippen LogP contribution in [0.3, 0.4) is 0 Å².